The predicted octanol–water partition coefficient (Wildman–Crippen LogP) is 3.66. The number of ether oxygens (including phenoxy) is 1. The Morgan fingerprint density at radius 3 is 2.54 bits per heavy atom. The fourth-order valence-corrected chi connectivity index (χ4v) is 6.14. The SMILES string of the molecule is CCCOC(=O)c1c(NC(=O)[C@H]2[C@@H](C(=O)O)[C@H]3C=C[C@H]2CC3)sc2c1CCC2. The molecule has 0 saturated heterocycles. The van der Waals surface area contributed by atoms with Gasteiger partial charge in [0.05, 0.1) is 24.0 Å². The molecule has 7 heteroatoms. The van der Waals surface area contributed by atoms with Crippen molar-refractivity contribution in [3.63, 3.8) is 0 Å². The smallest absolute Gasteiger partial charge is 0.341 e. The quantitative estimate of drug-likeness (QED) is 0.559. The Hall–Kier alpha value is -2.15. The number of amides is 1. The van der Waals surface area contributed by atoms with E-state index in [0.717, 1.165) is 49.0 Å². The number of anilines is 1. The molecule has 0 radical (unpaired) electrons. The molecule has 1 fully saturated rings. The van der Waals surface area contributed by atoms with Gasteiger partial charge in [-0.1, -0.05) is 19.1 Å². The first kappa shape index (κ1) is 19.2. The molecule has 4 aliphatic carbocycles. The average Bonchev–Trinajstić information content (AvgIpc) is 3.26. The first-order chi connectivity index (χ1) is 13.5. The molecule has 0 aliphatic heterocycles. The topological polar surface area (TPSA) is 92.7 Å². The summed E-state index contributed by atoms with van der Waals surface area (Å²) >= 11 is 1.43. The molecule has 4 aliphatic rings. The second-order valence-electron chi connectivity index (χ2n) is 7.87. The number of nitrogens with one attached hydrogen (secondary N) is 1. The Morgan fingerprint density at radius 2 is 1.89 bits per heavy atom. The van der Waals surface area contributed by atoms with E-state index in [1.165, 1.54) is 11.3 Å². The molecule has 1 aromatic rings. The zero-order valence-electron chi connectivity index (χ0n) is 15.9. The number of hydrogen-bond acceptors (Lipinski definition) is 5. The van der Waals surface area contributed by atoms with Crippen molar-refractivity contribution < 1.29 is 24.2 Å². The third kappa shape index (κ3) is 3.26. The molecular weight excluding hydrogens is 378 g/mol. The number of carboxylic acids is 1. The average molecular weight is 404 g/mol. The van der Waals surface area contributed by atoms with E-state index in [1.807, 2.05) is 19.1 Å². The van der Waals surface area contributed by atoms with Gasteiger partial charge in [-0.2, -0.15) is 0 Å². The molecule has 1 amide bonds. The standard InChI is InChI=1S/C21H25NO5S/c1-2-10-27-21(26)17-13-4-3-5-14(13)28-19(17)22-18(23)15-11-6-8-12(9-7-11)16(15)20(24)25/h6,8,11-12,15-16H,2-5,7,9-10H2,1H3,(H,22,23)(H,24,25)/t11-,12-,15+,16-/m0/s1. The summed E-state index contributed by atoms with van der Waals surface area (Å²) in [5.74, 6) is -3.07. The van der Waals surface area contributed by atoms with E-state index in [0.29, 0.717) is 17.2 Å². The lowest BCUT2D eigenvalue weighted by molar-refractivity contribution is -0.151. The highest BCUT2D eigenvalue weighted by molar-refractivity contribution is 7.17. The van der Waals surface area contributed by atoms with E-state index in [9.17, 15) is 19.5 Å². The molecule has 28 heavy (non-hydrogen) atoms. The molecule has 1 saturated carbocycles. The molecule has 0 spiro atoms. The molecule has 0 unspecified atom stereocenters. The molecule has 150 valence electrons. The van der Waals surface area contributed by atoms with Crippen LogP contribution in [-0.4, -0.2) is 29.6 Å². The zero-order chi connectivity index (χ0) is 19.8. The lowest BCUT2D eigenvalue weighted by Gasteiger charge is -2.41. The fraction of sp³-hybridized carbons (Fsp3) is 0.571. The van der Waals surface area contributed by atoms with Crippen LogP contribution in [0.15, 0.2) is 12.2 Å². The number of allylic oxidation sites excluding steroid dienone is 2. The highest BCUT2D eigenvalue weighted by atomic mass is 32.1. The molecule has 0 aromatic carbocycles. The highest BCUT2D eigenvalue weighted by Gasteiger charge is 2.48. The van der Waals surface area contributed by atoms with Crippen molar-refractivity contribution in [1.29, 1.82) is 0 Å². The Morgan fingerprint density at radius 1 is 1.18 bits per heavy atom. The number of carbonyl (C=O) groups excluding carboxylic acids is 2. The number of rotatable bonds is 6. The van der Waals surface area contributed by atoms with Gasteiger partial charge in [-0.25, -0.2) is 4.79 Å². The number of thiophene rings is 1. The second kappa shape index (κ2) is 7.70. The Labute approximate surface area is 168 Å². The third-order valence-electron chi connectivity index (χ3n) is 6.14. The number of fused-ring (bicyclic) bond motifs is 3. The van der Waals surface area contributed by atoms with Crippen LogP contribution in [0.4, 0.5) is 5.00 Å². The van der Waals surface area contributed by atoms with E-state index in [-0.39, 0.29) is 17.7 Å². The van der Waals surface area contributed by atoms with Crippen LogP contribution < -0.4 is 5.32 Å². The summed E-state index contributed by atoms with van der Waals surface area (Å²) in [4.78, 5) is 38.7. The van der Waals surface area contributed by atoms with Gasteiger partial charge in [0.15, 0.2) is 0 Å². The number of carboxylic acid groups (broad SMARTS) is 1. The van der Waals surface area contributed by atoms with Crippen LogP contribution in [-0.2, 0) is 27.2 Å². The van der Waals surface area contributed by atoms with E-state index >= 15 is 0 Å². The van der Waals surface area contributed by atoms with Gasteiger partial charge in [-0.05, 0) is 55.9 Å². The van der Waals surface area contributed by atoms with E-state index < -0.39 is 23.8 Å². The summed E-state index contributed by atoms with van der Waals surface area (Å²) in [6, 6.07) is 0. The molecule has 4 atom stereocenters. The van der Waals surface area contributed by atoms with Crippen molar-refractivity contribution in [1.82, 2.24) is 0 Å². The van der Waals surface area contributed by atoms with Crippen molar-refractivity contribution in [2.75, 3.05) is 11.9 Å². The maximum Gasteiger partial charge on any atom is 0.341 e. The molecule has 1 heterocycles. The Kier molecular flexibility index (Phi) is 5.27. The van der Waals surface area contributed by atoms with E-state index in [1.54, 1.807) is 0 Å². The molecule has 2 N–H and O–H groups in total. The lowest BCUT2D eigenvalue weighted by Crippen LogP contribution is -2.47. The van der Waals surface area contributed by atoms with E-state index in [4.69, 9.17) is 4.74 Å². The lowest BCUT2D eigenvalue weighted by atomic mass is 9.62. The van der Waals surface area contributed by atoms with Gasteiger partial charge in [-0.15, -0.1) is 11.3 Å². The van der Waals surface area contributed by atoms with Crippen molar-refractivity contribution in [2.45, 2.75) is 45.4 Å². The number of carbonyl (C=O) groups is 3. The van der Waals surface area contributed by atoms with Crippen LogP contribution in [0.2, 0.25) is 0 Å². The van der Waals surface area contributed by atoms with Crippen molar-refractivity contribution in [3.05, 3.63) is 28.2 Å². The third-order valence-corrected chi connectivity index (χ3v) is 7.34. The molecular formula is C21H25NO5S. The minimum absolute atomic E-state index is 0.0617. The maximum atomic E-state index is 13.1. The Balaban J connectivity index is 1.60. The second-order valence-corrected chi connectivity index (χ2v) is 8.97. The van der Waals surface area contributed by atoms with Crippen LogP contribution >= 0.6 is 11.3 Å². The molecule has 2 bridgehead atoms. The summed E-state index contributed by atoms with van der Waals surface area (Å²) in [5.41, 5.74) is 1.46. The van der Waals surface area contributed by atoms with Crippen molar-refractivity contribution in [3.8, 4) is 0 Å². The van der Waals surface area contributed by atoms with Gasteiger partial charge in [0, 0.05) is 4.88 Å². The first-order valence-corrected chi connectivity index (χ1v) is 10.9. The normalized spacial score (nSPS) is 27.5. The van der Waals surface area contributed by atoms with Crippen molar-refractivity contribution in [2.24, 2.45) is 23.7 Å². The number of aliphatic carboxylic acids is 1. The largest absolute Gasteiger partial charge is 0.481 e. The van der Waals surface area contributed by atoms with Crippen LogP contribution in [0.1, 0.15) is 53.4 Å². The van der Waals surface area contributed by atoms with E-state index in [2.05, 4.69) is 5.32 Å². The number of esters is 1. The maximum absolute atomic E-state index is 13.1. The summed E-state index contributed by atoms with van der Waals surface area (Å²) < 4.78 is 5.35. The van der Waals surface area contributed by atoms with Crippen LogP contribution in [0.3, 0.4) is 0 Å². The van der Waals surface area contributed by atoms with Gasteiger partial charge in [0.2, 0.25) is 5.91 Å². The molecule has 6 nitrogen and oxygen atoms in total. The monoisotopic (exact) mass is 403 g/mol. The minimum atomic E-state index is -0.921. The zero-order valence-corrected chi connectivity index (χ0v) is 16.7. The number of hydrogen-bond donors (Lipinski definition) is 2. The van der Waals surface area contributed by atoms with Gasteiger partial charge in [-0.3, -0.25) is 9.59 Å². The summed E-state index contributed by atoms with van der Waals surface area (Å²) in [7, 11) is 0. The fourth-order valence-electron chi connectivity index (χ4n) is 4.86. The first-order valence-electron chi connectivity index (χ1n) is 10.0. The molecule has 5 rings (SSSR count). The van der Waals surface area contributed by atoms with Gasteiger partial charge in [0.25, 0.3) is 0 Å². The van der Waals surface area contributed by atoms with Crippen LogP contribution in [0, 0.1) is 23.7 Å². The summed E-state index contributed by atoms with van der Waals surface area (Å²) in [6.07, 6.45) is 9.02. The summed E-state index contributed by atoms with van der Waals surface area (Å²) in [5, 5.41) is 13.1. The van der Waals surface area contributed by atoms with Gasteiger partial charge in [0.1, 0.15) is 5.00 Å². The van der Waals surface area contributed by atoms with Gasteiger partial charge >= 0.3 is 11.9 Å². The minimum Gasteiger partial charge on any atom is -0.481 e. The Bertz CT molecular complexity index is 842. The predicted molar refractivity (Wildman–Crippen MR) is 106 cm³/mol. The van der Waals surface area contributed by atoms with Crippen molar-refractivity contribution >= 4 is 34.2 Å². The highest BCUT2D eigenvalue weighted by Crippen LogP contribution is 2.46. The number of aryl methyl sites for hydroxylation is 1. The van der Waals surface area contributed by atoms with Gasteiger partial charge < -0.3 is 15.2 Å². The molecule has 1 aromatic heterocycles. The summed E-state index contributed by atoms with van der Waals surface area (Å²) in [6.45, 7) is 2.28. The van der Waals surface area contributed by atoms with Crippen LogP contribution in [0.25, 0.3) is 0 Å². The van der Waals surface area contributed by atoms with Crippen LogP contribution in [0.5, 0.6) is 0 Å².